The second kappa shape index (κ2) is 6.53. The van der Waals surface area contributed by atoms with Crippen LogP contribution in [0.4, 0.5) is 4.39 Å². The van der Waals surface area contributed by atoms with Crippen molar-refractivity contribution in [3.8, 4) is 0 Å². The van der Waals surface area contributed by atoms with Gasteiger partial charge in [-0.15, -0.1) is 0 Å². The van der Waals surface area contributed by atoms with E-state index in [0.717, 1.165) is 12.0 Å². The van der Waals surface area contributed by atoms with Gasteiger partial charge in [-0.3, -0.25) is 0 Å². The quantitative estimate of drug-likeness (QED) is 0.618. The Labute approximate surface area is 129 Å². The average Bonchev–Trinajstić information content (AvgIpc) is 2.41. The van der Waals surface area contributed by atoms with Gasteiger partial charge in [0.25, 0.3) is 0 Å². The van der Waals surface area contributed by atoms with Crippen LogP contribution in [0.1, 0.15) is 40.9 Å². The monoisotopic (exact) mass is 334 g/mol. The molecule has 0 aromatic heterocycles. The van der Waals surface area contributed by atoms with Crippen molar-refractivity contribution in [2.75, 3.05) is 0 Å². The summed E-state index contributed by atoms with van der Waals surface area (Å²) in [5.74, 6) is 0.524. The van der Waals surface area contributed by atoms with E-state index in [1.165, 1.54) is 5.56 Å². The number of rotatable bonds is 4. The lowest BCUT2D eigenvalue weighted by Gasteiger charge is -2.14. The molecule has 0 aliphatic rings. The van der Waals surface area contributed by atoms with E-state index in [9.17, 15) is 4.39 Å². The minimum Gasteiger partial charge on any atom is -0.206 e. The van der Waals surface area contributed by atoms with Gasteiger partial charge in [0.15, 0.2) is 0 Å². The Balaban J connectivity index is 2.25. The highest BCUT2D eigenvalue weighted by atomic mass is 79.9. The van der Waals surface area contributed by atoms with Crippen LogP contribution in [0.15, 0.2) is 42.5 Å². The highest BCUT2D eigenvalue weighted by Gasteiger charge is 2.15. The van der Waals surface area contributed by atoms with Crippen molar-refractivity contribution in [3.63, 3.8) is 0 Å². The topological polar surface area (TPSA) is 0 Å². The Morgan fingerprint density at radius 2 is 1.70 bits per heavy atom. The van der Waals surface area contributed by atoms with Crippen LogP contribution in [-0.2, 0) is 6.42 Å². The highest BCUT2D eigenvalue weighted by Crippen LogP contribution is 2.33. The van der Waals surface area contributed by atoms with Crippen molar-refractivity contribution < 1.29 is 4.39 Å². The van der Waals surface area contributed by atoms with Gasteiger partial charge in [-0.1, -0.05) is 72.2 Å². The van der Waals surface area contributed by atoms with Crippen LogP contribution in [0, 0.1) is 18.7 Å². The Morgan fingerprint density at radius 3 is 2.30 bits per heavy atom. The van der Waals surface area contributed by atoms with Gasteiger partial charge in [-0.2, -0.15) is 0 Å². The van der Waals surface area contributed by atoms with Crippen molar-refractivity contribution in [2.24, 2.45) is 5.92 Å². The second-order valence-electron chi connectivity index (χ2n) is 5.68. The fraction of sp³-hybridized carbons (Fsp3) is 0.333. The first-order valence-electron chi connectivity index (χ1n) is 6.97. The van der Waals surface area contributed by atoms with Crippen LogP contribution >= 0.6 is 15.9 Å². The zero-order valence-electron chi connectivity index (χ0n) is 12.2. The number of benzene rings is 2. The molecule has 1 atom stereocenters. The number of alkyl halides is 1. The molecule has 0 nitrogen and oxygen atoms in total. The lowest BCUT2D eigenvalue weighted by Crippen LogP contribution is -1.99. The number of hydrogen-bond acceptors (Lipinski definition) is 0. The Bertz CT molecular complexity index is 572. The first-order chi connectivity index (χ1) is 9.49. The van der Waals surface area contributed by atoms with Crippen molar-refractivity contribution in [1.29, 1.82) is 0 Å². The van der Waals surface area contributed by atoms with Crippen molar-refractivity contribution in [2.45, 2.75) is 32.0 Å². The first-order valence-corrected chi connectivity index (χ1v) is 7.88. The van der Waals surface area contributed by atoms with Gasteiger partial charge >= 0.3 is 0 Å². The van der Waals surface area contributed by atoms with Crippen LogP contribution < -0.4 is 0 Å². The molecule has 1 unspecified atom stereocenters. The van der Waals surface area contributed by atoms with E-state index in [1.807, 2.05) is 12.1 Å². The van der Waals surface area contributed by atoms with Gasteiger partial charge in [0.2, 0.25) is 0 Å². The van der Waals surface area contributed by atoms with Crippen LogP contribution in [0.2, 0.25) is 0 Å². The van der Waals surface area contributed by atoms with Crippen LogP contribution in [-0.4, -0.2) is 0 Å². The molecule has 2 aromatic rings. The van der Waals surface area contributed by atoms with E-state index in [4.69, 9.17) is 0 Å². The van der Waals surface area contributed by atoms with E-state index in [-0.39, 0.29) is 10.6 Å². The van der Waals surface area contributed by atoms with Crippen molar-refractivity contribution in [3.05, 3.63) is 70.5 Å². The molecule has 20 heavy (non-hydrogen) atoms. The van der Waals surface area contributed by atoms with E-state index < -0.39 is 0 Å². The van der Waals surface area contributed by atoms with Gasteiger partial charge in [0.05, 0.1) is 4.83 Å². The van der Waals surface area contributed by atoms with E-state index in [0.29, 0.717) is 17.0 Å². The Morgan fingerprint density at radius 1 is 1.05 bits per heavy atom. The number of hydrogen-bond donors (Lipinski definition) is 0. The van der Waals surface area contributed by atoms with Crippen LogP contribution in [0.3, 0.4) is 0 Å². The largest absolute Gasteiger partial charge is 0.206 e. The molecule has 0 aliphatic carbocycles. The summed E-state index contributed by atoms with van der Waals surface area (Å²) in [6, 6.07) is 14.0. The molecule has 0 heterocycles. The summed E-state index contributed by atoms with van der Waals surface area (Å²) < 4.78 is 14.2. The van der Waals surface area contributed by atoms with Gasteiger partial charge in [-0.05, 0) is 36.0 Å². The van der Waals surface area contributed by atoms with Gasteiger partial charge in [0.1, 0.15) is 5.82 Å². The molecule has 0 amide bonds. The maximum atomic E-state index is 14.2. The Hall–Kier alpha value is -1.15. The zero-order valence-corrected chi connectivity index (χ0v) is 13.7. The maximum absolute atomic E-state index is 14.2. The molecule has 0 N–H and O–H groups in total. The smallest absolute Gasteiger partial charge is 0.130 e. The molecule has 0 bridgehead atoms. The minimum absolute atomic E-state index is 0.101. The van der Waals surface area contributed by atoms with Gasteiger partial charge in [-0.25, -0.2) is 4.39 Å². The summed E-state index contributed by atoms with van der Waals surface area (Å²) in [6.07, 6.45) is 1.08. The predicted molar refractivity (Wildman–Crippen MR) is 86.9 cm³/mol. The molecular weight excluding hydrogens is 315 g/mol. The standard InChI is InChI=1S/C18H20BrF/c1-12(2)11-14-7-9-15(10-8-14)17(19)16-6-4-5-13(3)18(16)20/h4-10,12,17H,11H2,1-3H3. The molecule has 0 radical (unpaired) electrons. The second-order valence-corrected chi connectivity index (χ2v) is 6.60. The summed E-state index contributed by atoms with van der Waals surface area (Å²) in [5.41, 5.74) is 3.79. The molecule has 0 fully saturated rings. The lowest BCUT2D eigenvalue weighted by molar-refractivity contribution is 0.604. The highest BCUT2D eigenvalue weighted by molar-refractivity contribution is 9.09. The van der Waals surface area contributed by atoms with Crippen LogP contribution in [0.5, 0.6) is 0 Å². The third kappa shape index (κ3) is 3.49. The molecule has 2 heteroatoms. The molecule has 0 saturated carbocycles. The summed E-state index contributed by atoms with van der Waals surface area (Å²) >= 11 is 3.61. The summed E-state index contributed by atoms with van der Waals surface area (Å²) in [5, 5.41) is 0. The number of halogens is 2. The average molecular weight is 335 g/mol. The molecular formula is C18H20BrF. The summed E-state index contributed by atoms with van der Waals surface area (Å²) in [7, 11) is 0. The maximum Gasteiger partial charge on any atom is 0.130 e. The Kier molecular flexibility index (Phi) is 4.98. The fourth-order valence-electron chi connectivity index (χ4n) is 2.34. The minimum atomic E-state index is -0.124. The lowest BCUT2D eigenvalue weighted by atomic mass is 9.98. The van der Waals surface area contributed by atoms with Gasteiger partial charge < -0.3 is 0 Å². The molecule has 106 valence electrons. The molecule has 2 rings (SSSR count). The van der Waals surface area contributed by atoms with Crippen LogP contribution in [0.25, 0.3) is 0 Å². The third-order valence-electron chi connectivity index (χ3n) is 3.41. The third-order valence-corrected chi connectivity index (χ3v) is 4.43. The first kappa shape index (κ1) is 15.2. The molecule has 0 spiro atoms. The molecule has 2 aromatic carbocycles. The number of aryl methyl sites for hydroxylation is 1. The van der Waals surface area contributed by atoms with Gasteiger partial charge in [0, 0.05) is 5.56 Å². The normalized spacial score (nSPS) is 12.7. The van der Waals surface area contributed by atoms with Crippen molar-refractivity contribution >= 4 is 15.9 Å². The van der Waals surface area contributed by atoms with E-state index in [2.05, 4.69) is 54.0 Å². The molecule has 0 saturated heterocycles. The summed E-state index contributed by atoms with van der Waals surface area (Å²) in [6.45, 7) is 6.22. The molecule has 0 aliphatic heterocycles. The SMILES string of the molecule is Cc1cccc(C(Br)c2ccc(CC(C)C)cc2)c1F. The van der Waals surface area contributed by atoms with Crippen molar-refractivity contribution in [1.82, 2.24) is 0 Å². The van der Waals surface area contributed by atoms with E-state index >= 15 is 0 Å². The fourth-order valence-corrected chi connectivity index (χ4v) is 3.00. The summed E-state index contributed by atoms with van der Waals surface area (Å²) in [4.78, 5) is -0.101. The zero-order chi connectivity index (χ0) is 14.7. The predicted octanol–water partition coefficient (Wildman–Crippen LogP) is 5.82. The van der Waals surface area contributed by atoms with E-state index in [1.54, 1.807) is 13.0 Å².